The van der Waals surface area contributed by atoms with E-state index in [0.29, 0.717) is 50.0 Å². The zero-order chi connectivity index (χ0) is 23.2. The van der Waals surface area contributed by atoms with Crippen LogP contribution < -0.4 is 15.0 Å². The van der Waals surface area contributed by atoms with Gasteiger partial charge in [-0.05, 0) is 55.3 Å². The Hall–Kier alpha value is -3.32. The molecule has 1 aliphatic rings. The van der Waals surface area contributed by atoms with Crippen molar-refractivity contribution in [3.8, 4) is 5.75 Å². The number of piperazine rings is 1. The van der Waals surface area contributed by atoms with Crippen molar-refractivity contribution in [2.75, 3.05) is 43.5 Å². The molecule has 1 N–H and O–H groups in total. The summed E-state index contributed by atoms with van der Waals surface area (Å²) in [5.41, 5.74) is 2.89. The number of hydrogen-bond donors (Lipinski definition) is 1. The molecule has 172 valence electrons. The molecule has 1 fully saturated rings. The minimum absolute atomic E-state index is 0.168. The second-order valence-electron chi connectivity index (χ2n) is 8.05. The minimum Gasteiger partial charge on any atom is -0.497 e. The van der Waals surface area contributed by atoms with Gasteiger partial charge >= 0.3 is 0 Å². The number of nitrogens with one attached hydrogen (secondary N) is 1. The first-order chi connectivity index (χ1) is 16.0. The number of carbonyl (C=O) groups is 1. The summed E-state index contributed by atoms with van der Waals surface area (Å²) in [7, 11) is 1.65. The molecule has 0 bridgehead atoms. The van der Waals surface area contributed by atoms with E-state index in [4.69, 9.17) is 21.3 Å². The van der Waals surface area contributed by atoms with Gasteiger partial charge in [0.1, 0.15) is 11.6 Å². The largest absolute Gasteiger partial charge is 0.497 e. The van der Waals surface area contributed by atoms with Gasteiger partial charge in [0.2, 0.25) is 11.9 Å². The van der Waals surface area contributed by atoms with E-state index in [-0.39, 0.29) is 5.91 Å². The van der Waals surface area contributed by atoms with Crippen LogP contribution in [-0.4, -0.2) is 54.1 Å². The maximum Gasteiger partial charge on any atom is 0.227 e. The Morgan fingerprint density at radius 3 is 2.52 bits per heavy atom. The van der Waals surface area contributed by atoms with Crippen molar-refractivity contribution < 1.29 is 9.53 Å². The van der Waals surface area contributed by atoms with E-state index < -0.39 is 0 Å². The quantitative estimate of drug-likeness (QED) is 0.555. The lowest BCUT2D eigenvalue weighted by atomic mass is 10.1. The lowest BCUT2D eigenvalue weighted by Gasteiger charge is -2.35. The number of carbonyl (C=O) groups excluding carboxylic acids is 1. The minimum atomic E-state index is 0.168. The maximum atomic E-state index is 12.7. The summed E-state index contributed by atoms with van der Waals surface area (Å²) in [5, 5.41) is 4.03. The van der Waals surface area contributed by atoms with Crippen LogP contribution in [0.3, 0.4) is 0 Å². The molecule has 1 aromatic heterocycles. The number of benzene rings is 2. The molecule has 1 amide bonds. The van der Waals surface area contributed by atoms with Crippen LogP contribution in [-0.2, 0) is 11.2 Å². The molecule has 7 nitrogen and oxygen atoms in total. The van der Waals surface area contributed by atoms with Crippen LogP contribution >= 0.6 is 11.6 Å². The topological polar surface area (TPSA) is 70.6 Å². The average molecular weight is 466 g/mol. The molecule has 8 heteroatoms. The first-order valence-electron chi connectivity index (χ1n) is 11.0. The Morgan fingerprint density at radius 2 is 1.82 bits per heavy atom. The third kappa shape index (κ3) is 6.14. The fourth-order valence-electron chi connectivity index (χ4n) is 3.84. The van der Waals surface area contributed by atoms with Crippen molar-refractivity contribution in [3.63, 3.8) is 0 Å². The summed E-state index contributed by atoms with van der Waals surface area (Å²) in [6.07, 6.45) is 1.18. The van der Waals surface area contributed by atoms with Crippen LogP contribution in [0.25, 0.3) is 0 Å². The van der Waals surface area contributed by atoms with Crippen molar-refractivity contribution in [1.29, 1.82) is 0 Å². The van der Waals surface area contributed by atoms with E-state index in [1.807, 2.05) is 66.4 Å². The number of ether oxygens (including phenoxy) is 1. The second-order valence-corrected chi connectivity index (χ2v) is 8.48. The number of aryl methyl sites for hydroxylation is 2. The first-order valence-corrected chi connectivity index (χ1v) is 11.4. The predicted octanol–water partition coefficient (Wildman–Crippen LogP) is 4.47. The Balaban J connectivity index is 1.33. The molecule has 0 spiro atoms. The van der Waals surface area contributed by atoms with Crippen molar-refractivity contribution in [2.24, 2.45) is 0 Å². The Morgan fingerprint density at radius 1 is 1.06 bits per heavy atom. The number of hydrogen-bond acceptors (Lipinski definition) is 6. The van der Waals surface area contributed by atoms with E-state index >= 15 is 0 Å². The molecular weight excluding hydrogens is 438 g/mol. The Kier molecular flexibility index (Phi) is 7.29. The van der Waals surface area contributed by atoms with Crippen LogP contribution in [0.1, 0.15) is 17.7 Å². The molecule has 1 aliphatic heterocycles. The Bertz CT molecular complexity index is 1100. The zero-order valence-corrected chi connectivity index (χ0v) is 19.7. The van der Waals surface area contributed by atoms with Gasteiger partial charge in [0, 0.05) is 55.1 Å². The monoisotopic (exact) mass is 465 g/mol. The molecule has 0 saturated carbocycles. The molecule has 0 aliphatic carbocycles. The van der Waals surface area contributed by atoms with Gasteiger partial charge in [0.05, 0.1) is 7.11 Å². The van der Waals surface area contributed by atoms with E-state index in [9.17, 15) is 4.79 Å². The zero-order valence-electron chi connectivity index (χ0n) is 18.9. The number of amides is 1. The van der Waals surface area contributed by atoms with Crippen LogP contribution in [0.5, 0.6) is 5.75 Å². The van der Waals surface area contributed by atoms with E-state index in [2.05, 4.69) is 15.2 Å². The lowest BCUT2D eigenvalue weighted by Crippen LogP contribution is -2.49. The maximum absolute atomic E-state index is 12.7. The van der Waals surface area contributed by atoms with Gasteiger partial charge in [-0.1, -0.05) is 23.7 Å². The summed E-state index contributed by atoms with van der Waals surface area (Å²) < 4.78 is 5.21. The molecule has 0 unspecified atom stereocenters. The van der Waals surface area contributed by atoms with Gasteiger partial charge in [-0.2, -0.15) is 4.98 Å². The van der Waals surface area contributed by atoms with Crippen LogP contribution in [0, 0.1) is 6.92 Å². The van der Waals surface area contributed by atoms with Crippen molar-refractivity contribution in [1.82, 2.24) is 14.9 Å². The summed E-state index contributed by atoms with van der Waals surface area (Å²) >= 11 is 6.04. The molecule has 2 heterocycles. The van der Waals surface area contributed by atoms with Crippen LogP contribution in [0.15, 0.2) is 54.6 Å². The van der Waals surface area contributed by atoms with Crippen LogP contribution in [0.4, 0.5) is 17.5 Å². The fourth-order valence-corrected chi connectivity index (χ4v) is 4.05. The highest BCUT2D eigenvalue weighted by Crippen LogP contribution is 2.22. The normalized spacial score (nSPS) is 13.7. The van der Waals surface area contributed by atoms with E-state index in [0.717, 1.165) is 28.5 Å². The highest BCUT2D eigenvalue weighted by molar-refractivity contribution is 6.30. The van der Waals surface area contributed by atoms with Gasteiger partial charge in [-0.25, -0.2) is 4.98 Å². The van der Waals surface area contributed by atoms with Gasteiger partial charge in [-0.3, -0.25) is 4.79 Å². The summed E-state index contributed by atoms with van der Waals surface area (Å²) in [4.78, 5) is 26.1. The van der Waals surface area contributed by atoms with Gasteiger partial charge < -0.3 is 19.9 Å². The lowest BCUT2D eigenvalue weighted by molar-refractivity contribution is -0.131. The number of rotatable bonds is 7. The molecule has 0 radical (unpaired) electrons. The highest BCUT2D eigenvalue weighted by atomic mass is 35.5. The molecular formula is C25H28ClN5O2. The van der Waals surface area contributed by atoms with Crippen molar-refractivity contribution >= 4 is 35.0 Å². The number of halogens is 1. The number of anilines is 3. The van der Waals surface area contributed by atoms with Crippen molar-refractivity contribution in [2.45, 2.75) is 19.8 Å². The fraction of sp³-hybridized carbons (Fsp3) is 0.320. The molecule has 0 atom stereocenters. The second kappa shape index (κ2) is 10.5. The molecule has 4 rings (SSSR count). The van der Waals surface area contributed by atoms with E-state index in [1.165, 1.54) is 0 Å². The number of aromatic nitrogens is 2. The molecule has 1 saturated heterocycles. The molecule has 3 aromatic rings. The number of methoxy groups -OCH3 is 1. The molecule has 33 heavy (non-hydrogen) atoms. The summed E-state index contributed by atoms with van der Waals surface area (Å²) in [6, 6.07) is 17.3. The number of nitrogens with zero attached hydrogens (tertiary/aromatic N) is 4. The third-order valence-corrected chi connectivity index (χ3v) is 5.87. The standard InChI is InChI=1S/C25H28ClN5O2/c1-18-16-23(28-21-7-9-22(33-2)10-8-21)29-25(27-18)31-14-12-30(13-15-31)24(32)11-6-19-4-3-5-20(26)17-19/h3-5,7-10,16-17H,6,11-15H2,1-2H3,(H,27,28,29). The van der Waals surface area contributed by atoms with Gasteiger partial charge in [0.15, 0.2) is 0 Å². The molecule has 2 aromatic carbocycles. The highest BCUT2D eigenvalue weighted by Gasteiger charge is 2.23. The van der Waals surface area contributed by atoms with Gasteiger partial charge in [-0.15, -0.1) is 0 Å². The van der Waals surface area contributed by atoms with Gasteiger partial charge in [0.25, 0.3) is 0 Å². The summed E-state index contributed by atoms with van der Waals surface area (Å²) in [5.74, 6) is 2.39. The smallest absolute Gasteiger partial charge is 0.227 e. The van der Waals surface area contributed by atoms with Crippen LogP contribution in [0.2, 0.25) is 5.02 Å². The third-order valence-electron chi connectivity index (χ3n) is 5.64. The predicted molar refractivity (Wildman–Crippen MR) is 132 cm³/mol. The van der Waals surface area contributed by atoms with Crippen molar-refractivity contribution in [3.05, 3.63) is 70.9 Å². The summed E-state index contributed by atoms with van der Waals surface area (Å²) in [6.45, 7) is 4.68. The van der Waals surface area contributed by atoms with E-state index in [1.54, 1.807) is 7.11 Å². The average Bonchev–Trinajstić information content (AvgIpc) is 2.83. The SMILES string of the molecule is COc1ccc(Nc2cc(C)nc(N3CCN(C(=O)CCc4cccc(Cl)c4)CC3)n2)cc1. The Labute approximate surface area is 199 Å². The first kappa shape index (κ1) is 22.9.